The van der Waals surface area contributed by atoms with Crippen LogP contribution in [0, 0.1) is 0 Å². The number of nitrogens with two attached hydrogens (primary N) is 1. The van der Waals surface area contributed by atoms with Crippen molar-refractivity contribution in [3.8, 4) is 0 Å². The number of nitrogens with one attached hydrogen (secondary N) is 1. The van der Waals surface area contributed by atoms with Gasteiger partial charge in [0.05, 0.1) is 6.61 Å². The average Bonchev–Trinajstić information content (AvgIpc) is 2.20. The van der Waals surface area contributed by atoms with E-state index in [0.29, 0.717) is 19.4 Å². The van der Waals surface area contributed by atoms with Crippen molar-refractivity contribution in [3.05, 3.63) is 12.2 Å². The van der Waals surface area contributed by atoms with Gasteiger partial charge in [0.2, 0.25) is 0 Å². The molecule has 0 unspecified atom stereocenters. The number of ether oxygens (including phenoxy) is 2. The Morgan fingerprint density at radius 3 is 2.53 bits per heavy atom. The summed E-state index contributed by atoms with van der Waals surface area (Å²) in [6.07, 6.45) is -0.00737. The lowest BCUT2D eigenvalue weighted by Crippen LogP contribution is -2.30. The fourth-order valence-corrected chi connectivity index (χ4v) is 1.01. The van der Waals surface area contributed by atoms with Gasteiger partial charge in [-0.25, -0.2) is 9.59 Å². The highest BCUT2D eigenvalue weighted by Crippen LogP contribution is 2.03. The van der Waals surface area contributed by atoms with Crippen molar-refractivity contribution in [1.29, 1.82) is 0 Å². The molecule has 0 radical (unpaired) electrons. The van der Waals surface area contributed by atoms with E-state index in [2.05, 4.69) is 16.6 Å². The monoisotopic (exact) mass is 244 g/mol. The largest absolute Gasteiger partial charge is 0.450 e. The van der Waals surface area contributed by atoms with Crippen LogP contribution < -0.4 is 11.1 Å². The minimum atomic E-state index is -0.821. The Kier molecular flexibility index (Phi) is 7.58. The molecule has 0 heterocycles. The van der Waals surface area contributed by atoms with E-state index < -0.39 is 12.2 Å². The highest BCUT2D eigenvalue weighted by Gasteiger charge is 2.04. The number of carbonyl (C=O) groups is 2. The molecule has 6 nitrogen and oxygen atoms in total. The second-order valence-electron chi connectivity index (χ2n) is 3.90. The van der Waals surface area contributed by atoms with Crippen LogP contribution >= 0.6 is 0 Å². The fraction of sp³-hybridized carbons (Fsp3) is 0.636. The van der Waals surface area contributed by atoms with Crippen molar-refractivity contribution < 1.29 is 19.1 Å². The van der Waals surface area contributed by atoms with Gasteiger partial charge >= 0.3 is 12.2 Å². The molecule has 0 bridgehead atoms. The highest BCUT2D eigenvalue weighted by atomic mass is 16.5. The summed E-state index contributed by atoms with van der Waals surface area (Å²) in [5.41, 5.74) is 5.53. The van der Waals surface area contributed by atoms with Crippen molar-refractivity contribution >= 4 is 12.2 Å². The molecule has 0 saturated heterocycles. The van der Waals surface area contributed by atoms with Crippen LogP contribution in [0.25, 0.3) is 0 Å². The molecular formula is C11H20N2O4. The van der Waals surface area contributed by atoms with Gasteiger partial charge in [-0.3, -0.25) is 0 Å². The Morgan fingerprint density at radius 2 is 2.00 bits per heavy atom. The predicted molar refractivity (Wildman–Crippen MR) is 63.5 cm³/mol. The minimum Gasteiger partial charge on any atom is -0.450 e. The van der Waals surface area contributed by atoms with E-state index >= 15 is 0 Å². The number of hydrogen-bond donors (Lipinski definition) is 2. The molecule has 17 heavy (non-hydrogen) atoms. The van der Waals surface area contributed by atoms with Crippen LogP contribution in [0.2, 0.25) is 0 Å². The van der Waals surface area contributed by atoms with E-state index in [1.54, 1.807) is 0 Å². The van der Waals surface area contributed by atoms with E-state index in [-0.39, 0.29) is 12.6 Å². The molecule has 0 aliphatic heterocycles. The van der Waals surface area contributed by atoms with Crippen molar-refractivity contribution in [3.63, 3.8) is 0 Å². The number of rotatable bonds is 7. The summed E-state index contributed by atoms with van der Waals surface area (Å²) < 4.78 is 9.46. The maximum Gasteiger partial charge on any atom is 0.407 e. The van der Waals surface area contributed by atoms with Gasteiger partial charge in [-0.05, 0) is 32.3 Å². The molecule has 0 atom stereocenters. The Morgan fingerprint density at radius 1 is 1.35 bits per heavy atom. The molecule has 0 aromatic carbocycles. The number of amides is 2. The van der Waals surface area contributed by atoms with E-state index in [9.17, 15) is 9.59 Å². The normalized spacial score (nSPS) is 9.82. The first-order chi connectivity index (χ1) is 7.91. The van der Waals surface area contributed by atoms with Crippen LogP contribution in [0.15, 0.2) is 12.2 Å². The van der Waals surface area contributed by atoms with Gasteiger partial charge in [-0.1, -0.05) is 6.58 Å². The van der Waals surface area contributed by atoms with Crippen LogP contribution in [0.4, 0.5) is 9.59 Å². The lowest BCUT2D eigenvalue weighted by atomic mass is 10.2. The van der Waals surface area contributed by atoms with E-state index in [1.807, 2.05) is 13.8 Å². The predicted octanol–water partition coefficient (Wildman–Crippen LogP) is 1.55. The molecule has 0 aromatic heterocycles. The fourth-order valence-electron chi connectivity index (χ4n) is 1.01. The van der Waals surface area contributed by atoms with Crippen LogP contribution in [-0.4, -0.2) is 31.4 Å². The molecule has 6 heteroatoms. The molecule has 98 valence electrons. The SMILES string of the molecule is C=C(CCCOC(=O)NC(C)C)COC(N)=O. The Labute approximate surface area is 101 Å². The van der Waals surface area contributed by atoms with E-state index in [4.69, 9.17) is 10.5 Å². The molecule has 0 aromatic rings. The second-order valence-corrected chi connectivity index (χ2v) is 3.90. The first-order valence-electron chi connectivity index (χ1n) is 5.44. The zero-order valence-electron chi connectivity index (χ0n) is 10.3. The summed E-state index contributed by atoms with van der Waals surface area (Å²) in [4.78, 5) is 21.4. The third-order valence-electron chi connectivity index (χ3n) is 1.73. The lowest BCUT2D eigenvalue weighted by molar-refractivity contribution is 0.141. The van der Waals surface area contributed by atoms with Gasteiger partial charge in [0.15, 0.2) is 0 Å². The first kappa shape index (κ1) is 15.3. The van der Waals surface area contributed by atoms with Crippen LogP contribution in [-0.2, 0) is 9.47 Å². The van der Waals surface area contributed by atoms with Crippen LogP contribution in [0.3, 0.4) is 0 Å². The summed E-state index contributed by atoms with van der Waals surface area (Å²) in [5, 5.41) is 2.60. The van der Waals surface area contributed by atoms with Crippen molar-refractivity contribution in [1.82, 2.24) is 5.32 Å². The van der Waals surface area contributed by atoms with Crippen LogP contribution in [0.5, 0.6) is 0 Å². The zero-order valence-corrected chi connectivity index (χ0v) is 10.3. The molecule has 0 aliphatic rings. The zero-order chi connectivity index (χ0) is 13.3. The third-order valence-corrected chi connectivity index (χ3v) is 1.73. The Bertz CT molecular complexity index is 277. The molecule has 0 aliphatic carbocycles. The maximum absolute atomic E-state index is 11.1. The minimum absolute atomic E-state index is 0.0569. The van der Waals surface area contributed by atoms with Crippen molar-refractivity contribution in [2.75, 3.05) is 13.2 Å². The summed E-state index contributed by atoms with van der Waals surface area (Å²) in [6, 6.07) is 0.0569. The molecular weight excluding hydrogens is 224 g/mol. The van der Waals surface area contributed by atoms with Gasteiger partial charge < -0.3 is 20.5 Å². The molecule has 3 N–H and O–H groups in total. The molecule has 2 amide bonds. The van der Waals surface area contributed by atoms with Gasteiger partial charge in [0.1, 0.15) is 6.61 Å². The number of carbonyl (C=O) groups excluding carboxylic acids is 2. The van der Waals surface area contributed by atoms with E-state index in [0.717, 1.165) is 5.57 Å². The quantitative estimate of drug-likeness (QED) is 0.525. The standard InChI is InChI=1S/C11H20N2O4/c1-8(2)13-11(15)16-6-4-5-9(3)7-17-10(12)14/h8H,3-7H2,1-2H3,(H2,12,14)(H,13,15). The smallest absolute Gasteiger partial charge is 0.407 e. The highest BCUT2D eigenvalue weighted by molar-refractivity contribution is 5.67. The van der Waals surface area contributed by atoms with Gasteiger partial charge in [-0.15, -0.1) is 0 Å². The second kappa shape index (κ2) is 8.43. The summed E-state index contributed by atoms with van der Waals surface area (Å²) in [6.45, 7) is 7.81. The first-order valence-corrected chi connectivity index (χ1v) is 5.44. The topological polar surface area (TPSA) is 90.7 Å². The van der Waals surface area contributed by atoms with Gasteiger partial charge in [0.25, 0.3) is 0 Å². The summed E-state index contributed by atoms with van der Waals surface area (Å²) >= 11 is 0. The molecule has 0 spiro atoms. The Balaban J connectivity index is 3.47. The van der Waals surface area contributed by atoms with Gasteiger partial charge in [0, 0.05) is 6.04 Å². The molecule has 0 rings (SSSR count). The average molecular weight is 244 g/mol. The maximum atomic E-state index is 11.1. The lowest BCUT2D eigenvalue weighted by Gasteiger charge is -2.09. The molecule has 0 fully saturated rings. The van der Waals surface area contributed by atoms with Gasteiger partial charge in [-0.2, -0.15) is 0 Å². The number of hydrogen-bond acceptors (Lipinski definition) is 4. The molecule has 0 saturated carbocycles. The third kappa shape index (κ3) is 10.6. The number of alkyl carbamates (subject to hydrolysis) is 1. The van der Waals surface area contributed by atoms with Crippen molar-refractivity contribution in [2.24, 2.45) is 5.73 Å². The van der Waals surface area contributed by atoms with Crippen LogP contribution in [0.1, 0.15) is 26.7 Å². The van der Waals surface area contributed by atoms with Crippen molar-refractivity contribution in [2.45, 2.75) is 32.7 Å². The summed E-state index contributed by atoms with van der Waals surface area (Å²) in [7, 11) is 0. The van der Waals surface area contributed by atoms with E-state index in [1.165, 1.54) is 0 Å². The Hall–Kier alpha value is -1.72. The number of primary amides is 1. The summed E-state index contributed by atoms with van der Waals surface area (Å²) in [5.74, 6) is 0.